The van der Waals surface area contributed by atoms with Crippen LogP contribution in [0.1, 0.15) is 24.4 Å². The first-order chi connectivity index (χ1) is 12.3. The van der Waals surface area contributed by atoms with E-state index in [1.54, 1.807) is 0 Å². The summed E-state index contributed by atoms with van der Waals surface area (Å²) in [6.45, 7) is 0. The summed E-state index contributed by atoms with van der Waals surface area (Å²) in [5.41, 5.74) is -1.59. The second kappa shape index (κ2) is 5.66. The van der Waals surface area contributed by atoms with E-state index in [9.17, 15) is 23.1 Å². The quantitative estimate of drug-likeness (QED) is 0.656. The fraction of sp³-hybridized carbons (Fsp3) is 0.235. The molecular formula is C17H12F3N3O2S. The molecule has 0 saturated heterocycles. The van der Waals surface area contributed by atoms with Gasteiger partial charge in [-0.05, 0) is 55.4 Å². The number of H-pyrrole nitrogens is 1. The standard InChI is InChI=1S/C17H12F3N3O2S/c18-17(19,20)11-7-12(8-1-5-10(24)6-2-8)21-14-13(11)15(25)22-16(26)23(14)9-3-4-9/h1-2,5-7,9,24H,3-4H2,(H,22,25,26). The van der Waals surface area contributed by atoms with Crippen LogP contribution >= 0.6 is 12.2 Å². The third kappa shape index (κ3) is 2.78. The number of nitrogens with zero attached hydrogens (tertiary/aromatic N) is 2. The molecule has 0 atom stereocenters. The minimum Gasteiger partial charge on any atom is -0.508 e. The predicted octanol–water partition coefficient (Wildman–Crippen LogP) is 4.18. The molecule has 134 valence electrons. The van der Waals surface area contributed by atoms with Gasteiger partial charge in [-0.1, -0.05) is 0 Å². The highest BCUT2D eigenvalue weighted by Crippen LogP contribution is 2.40. The van der Waals surface area contributed by atoms with E-state index < -0.39 is 22.7 Å². The normalized spacial score (nSPS) is 14.7. The number of fused-ring (bicyclic) bond motifs is 1. The van der Waals surface area contributed by atoms with Gasteiger partial charge in [0.1, 0.15) is 11.4 Å². The van der Waals surface area contributed by atoms with Crippen LogP contribution in [0.4, 0.5) is 13.2 Å². The fourth-order valence-corrected chi connectivity index (χ4v) is 3.25. The molecule has 4 rings (SSSR count). The number of aromatic hydroxyl groups is 1. The Hall–Kier alpha value is -2.68. The number of hydrogen-bond acceptors (Lipinski definition) is 4. The van der Waals surface area contributed by atoms with Crippen molar-refractivity contribution in [3.8, 4) is 17.0 Å². The number of rotatable bonds is 2. The first-order valence-electron chi connectivity index (χ1n) is 7.82. The van der Waals surface area contributed by atoms with Crippen LogP contribution in [0.5, 0.6) is 5.75 Å². The zero-order valence-corrected chi connectivity index (χ0v) is 14.0. The molecule has 3 aromatic rings. The molecule has 0 spiro atoms. The van der Waals surface area contributed by atoms with Crippen molar-refractivity contribution in [2.24, 2.45) is 0 Å². The van der Waals surface area contributed by atoms with Gasteiger partial charge in [-0.3, -0.25) is 14.3 Å². The molecule has 2 heterocycles. The lowest BCUT2D eigenvalue weighted by atomic mass is 10.1. The molecule has 0 unspecified atom stereocenters. The van der Waals surface area contributed by atoms with Gasteiger partial charge in [0.25, 0.3) is 5.56 Å². The Morgan fingerprint density at radius 2 is 1.88 bits per heavy atom. The van der Waals surface area contributed by atoms with E-state index in [2.05, 4.69) is 9.97 Å². The number of aromatic nitrogens is 3. The van der Waals surface area contributed by atoms with Crippen LogP contribution in [0.25, 0.3) is 22.3 Å². The second-order valence-corrected chi connectivity index (χ2v) is 6.55. The van der Waals surface area contributed by atoms with Gasteiger partial charge in [0.05, 0.1) is 16.6 Å². The molecule has 9 heteroatoms. The average Bonchev–Trinajstić information content (AvgIpc) is 3.38. The molecule has 1 aromatic carbocycles. The van der Waals surface area contributed by atoms with Crippen molar-refractivity contribution in [1.29, 1.82) is 0 Å². The number of phenols is 1. The first-order valence-corrected chi connectivity index (χ1v) is 8.22. The average molecular weight is 379 g/mol. The van der Waals surface area contributed by atoms with Crippen LogP contribution in [0, 0.1) is 4.77 Å². The molecule has 0 bridgehead atoms. The summed E-state index contributed by atoms with van der Waals surface area (Å²) in [4.78, 5) is 18.9. The van der Waals surface area contributed by atoms with Crippen LogP contribution in [0.3, 0.4) is 0 Å². The second-order valence-electron chi connectivity index (χ2n) is 6.16. The Kier molecular flexibility index (Phi) is 3.65. The molecule has 1 saturated carbocycles. The maximum Gasteiger partial charge on any atom is 0.417 e. The molecule has 0 aliphatic heterocycles. The van der Waals surface area contributed by atoms with Crippen molar-refractivity contribution in [2.75, 3.05) is 0 Å². The number of nitrogens with one attached hydrogen (secondary N) is 1. The first kappa shape index (κ1) is 16.8. The summed E-state index contributed by atoms with van der Waals surface area (Å²) in [5, 5.41) is 8.88. The Morgan fingerprint density at radius 1 is 1.23 bits per heavy atom. The van der Waals surface area contributed by atoms with Gasteiger partial charge in [0.2, 0.25) is 0 Å². The summed E-state index contributed by atoms with van der Waals surface area (Å²) < 4.78 is 42.5. The van der Waals surface area contributed by atoms with E-state index in [-0.39, 0.29) is 27.9 Å². The van der Waals surface area contributed by atoms with Crippen molar-refractivity contribution in [2.45, 2.75) is 25.1 Å². The lowest BCUT2D eigenvalue weighted by molar-refractivity contribution is -0.136. The monoisotopic (exact) mass is 379 g/mol. The molecule has 1 aliphatic carbocycles. The molecule has 5 nitrogen and oxygen atoms in total. The largest absolute Gasteiger partial charge is 0.508 e. The highest BCUT2D eigenvalue weighted by molar-refractivity contribution is 7.71. The van der Waals surface area contributed by atoms with E-state index >= 15 is 0 Å². The smallest absolute Gasteiger partial charge is 0.417 e. The van der Waals surface area contributed by atoms with Crippen molar-refractivity contribution in [3.05, 3.63) is 51.0 Å². The van der Waals surface area contributed by atoms with E-state index in [4.69, 9.17) is 12.2 Å². The number of pyridine rings is 1. The van der Waals surface area contributed by atoms with E-state index in [0.29, 0.717) is 5.56 Å². The van der Waals surface area contributed by atoms with E-state index in [1.807, 2.05) is 0 Å². The number of aromatic amines is 1. The molecule has 2 N–H and O–H groups in total. The lowest BCUT2D eigenvalue weighted by Gasteiger charge is -2.15. The van der Waals surface area contributed by atoms with Gasteiger partial charge in [-0.15, -0.1) is 0 Å². The van der Waals surface area contributed by atoms with Gasteiger partial charge >= 0.3 is 6.18 Å². The predicted molar refractivity (Wildman–Crippen MR) is 91.6 cm³/mol. The molecule has 26 heavy (non-hydrogen) atoms. The van der Waals surface area contributed by atoms with Crippen molar-refractivity contribution >= 4 is 23.3 Å². The maximum atomic E-state index is 13.7. The molecule has 0 amide bonds. The van der Waals surface area contributed by atoms with Crippen molar-refractivity contribution in [1.82, 2.24) is 14.5 Å². The molecule has 0 radical (unpaired) electrons. The highest BCUT2D eigenvalue weighted by atomic mass is 32.1. The fourth-order valence-electron chi connectivity index (χ4n) is 2.92. The summed E-state index contributed by atoms with van der Waals surface area (Å²) in [6.07, 6.45) is -3.20. The van der Waals surface area contributed by atoms with Gasteiger partial charge < -0.3 is 5.11 Å². The highest BCUT2D eigenvalue weighted by Gasteiger charge is 2.36. The third-order valence-corrected chi connectivity index (χ3v) is 4.57. The summed E-state index contributed by atoms with van der Waals surface area (Å²) >= 11 is 5.15. The zero-order chi connectivity index (χ0) is 18.6. The number of benzene rings is 1. The van der Waals surface area contributed by atoms with Crippen LogP contribution in [0.2, 0.25) is 0 Å². The Bertz CT molecular complexity index is 1130. The Balaban J connectivity index is 2.13. The van der Waals surface area contributed by atoms with Gasteiger partial charge in [0, 0.05) is 11.6 Å². The van der Waals surface area contributed by atoms with Crippen LogP contribution in [0.15, 0.2) is 35.1 Å². The number of hydrogen-bond donors (Lipinski definition) is 2. The van der Waals surface area contributed by atoms with Crippen molar-refractivity contribution < 1.29 is 18.3 Å². The molecule has 1 aliphatic rings. The maximum absolute atomic E-state index is 13.7. The van der Waals surface area contributed by atoms with Gasteiger partial charge in [-0.25, -0.2) is 4.98 Å². The Morgan fingerprint density at radius 3 is 2.46 bits per heavy atom. The third-order valence-electron chi connectivity index (χ3n) is 4.28. The number of phenolic OH excluding ortho intramolecular Hbond substituents is 1. The molecule has 1 fully saturated rings. The lowest BCUT2D eigenvalue weighted by Crippen LogP contribution is -2.20. The van der Waals surface area contributed by atoms with E-state index in [1.165, 1.54) is 28.8 Å². The van der Waals surface area contributed by atoms with Gasteiger partial charge in [-0.2, -0.15) is 13.2 Å². The summed E-state index contributed by atoms with van der Waals surface area (Å²) in [5.74, 6) is -0.0112. The SMILES string of the molecule is O=c1[nH]c(=S)n(C2CC2)c2nc(-c3ccc(O)cc3)cc(C(F)(F)F)c12. The molecule has 2 aromatic heterocycles. The van der Waals surface area contributed by atoms with Gasteiger partial charge in [0.15, 0.2) is 4.77 Å². The number of halogens is 3. The number of alkyl halides is 3. The minimum absolute atomic E-state index is 0.0112. The molecular weight excluding hydrogens is 367 g/mol. The van der Waals surface area contributed by atoms with Crippen LogP contribution in [-0.2, 0) is 6.18 Å². The minimum atomic E-state index is -4.73. The summed E-state index contributed by atoms with van der Waals surface area (Å²) in [7, 11) is 0. The zero-order valence-electron chi connectivity index (χ0n) is 13.2. The summed E-state index contributed by atoms with van der Waals surface area (Å²) in [6, 6.07) is 6.44. The Labute approximate surface area is 149 Å². The van der Waals surface area contributed by atoms with E-state index in [0.717, 1.165) is 18.9 Å². The van der Waals surface area contributed by atoms with Crippen LogP contribution in [-0.4, -0.2) is 19.6 Å². The van der Waals surface area contributed by atoms with Crippen molar-refractivity contribution in [3.63, 3.8) is 0 Å². The topological polar surface area (TPSA) is 70.9 Å². The van der Waals surface area contributed by atoms with Crippen LogP contribution < -0.4 is 5.56 Å².